The Hall–Kier alpha value is -1.22. The molecule has 1 saturated heterocycles. The Kier molecular flexibility index (Phi) is 1.87. The largest absolute Gasteiger partial charge is 0.486 e. The van der Waals surface area contributed by atoms with E-state index >= 15 is 0 Å². The van der Waals surface area contributed by atoms with Crippen LogP contribution in [0.3, 0.4) is 0 Å². The lowest BCUT2D eigenvalue weighted by Gasteiger charge is -2.28. The maximum atomic E-state index is 5.70. The monoisotopic (exact) mass is 164 g/mol. The van der Waals surface area contributed by atoms with Crippen molar-refractivity contribution in [3.8, 4) is 5.75 Å². The molecule has 0 unspecified atom stereocenters. The minimum Gasteiger partial charge on any atom is -0.486 e. The topological polar surface area (TPSA) is 47.3 Å². The number of para-hydroxylation sites is 2. The van der Waals surface area contributed by atoms with Crippen molar-refractivity contribution in [3.63, 3.8) is 0 Å². The Labute approximate surface area is 71.5 Å². The van der Waals surface area contributed by atoms with Gasteiger partial charge in [0.1, 0.15) is 11.9 Å². The van der Waals surface area contributed by atoms with Crippen molar-refractivity contribution in [2.45, 2.75) is 6.10 Å². The maximum absolute atomic E-state index is 5.70. The summed E-state index contributed by atoms with van der Waals surface area (Å²) in [5.41, 5.74) is 6.41. The molecule has 0 spiro atoms. The highest BCUT2D eigenvalue weighted by molar-refractivity contribution is 5.51. The summed E-state index contributed by atoms with van der Waals surface area (Å²) in [4.78, 5) is 0. The number of nitrogen functional groups attached to an aromatic ring is 1. The molecule has 3 nitrogen and oxygen atoms in total. The summed E-state index contributed by atoms with van der Waals surface area (Å²) in [6.07, 6.45) is 0.301. The predicted molar refractivity (Wildman–Crippen MR) is 48.1 cm³/mol. The van der Waals surface area contributed by atoms with E-state index in [1.807, 2.05) is 24.3 Å². The van der Waals surface area contributed by atoms with Crippen LogP contribution in [0.25, 0.3) is 0 Å². The molecule has 0 bridgehead atoms. The molecule has 2 rings (SSSR count). The molecule has 1 heterocycles. The van der Waals surface area contributed by atoms with Crippen LogP contribution in [0.1, 0.15) is 0 Å². The Morgan fingerprint density at radius 3 is 2.67 bits per heavy atom. The molecule has 0 atom stereocenters. The van der Waals surface area contributed by atoms with Crippen LogP contribution in [0.2, 0.25) is 0 Å². The van der Waals surface area contributed by atoms with Crippen molar-refractivity contribution in [3.05, 3.63) is 24.3 Å². The van der Waals surface area contributed by atoms with Crippen molar-refractivity contribution in [1.29, 1.82) is 0 Å². The Morgan fingerprint density at radius 2 is 2.08 bits per heavy atom. The van der Waals surface area contributed by atoms with Crippen molar-refractivity contribution < 1.29 is 4.74 Å². The van der Waals surface area contributed by atoms with Gasteiger partial charge in [-0.25, -0.2) is 0 Å². The summed E-state index contributed by atoms with van der Waals surface area (Å²) in [7, 11) is 0. The predicted octanol–water partition coefficient (Wildman–Crippen LogP) is 0.619. The number of ether oxygens (including phenoxy) is 1. The number of anilines is 1. The lowest BCUT2D eigenvalue weighted by atomic mass is 10.2. The summed E-state index contributed by atoms with van der Waals surface area (Å²) >= 11 is 0. The third kappa shape index (κ3) is 1.36. The van der Waals surface area contributed by atoms with E-state index in [4.69, 9.17) is 10.5 Å². The second-order valence-electron chi connectivity index (χ2n) is 2.94. The van der Waals surface area contributed by atoms with Gasteiger partial charge in [0.25, 0.3) is 0 Å². The Bertz CT molecular complexity index is 271. The van der Waals surface area contributed by atoms with Gasteiger partial charge in [0.05, 0.1) is 5.69 Å². The molecule has 0 aliphatic carbocycles. The van der Waals surface area contributed by atoms with E-state index in [1.165, 1.54) is 0 Å². The minimum absolute atomic E-state index is 0.301. The van der Waals surface area contributed by atoms with Crippen LogP contribution in [0.5, 0.6) is 5.75 Å². The average Bonchev–Trinajstić information content (AvgIpc) is 2.00. The summed E-state index contributed by atoms with van der Waals surface area (Å²) in [6, 6.07) is 7.58. The molecule has 3 heteroatoms. The van der Waals surface area contributed by atoms with E-state index in [-0.39, 0.29) is 0 Å². The van der Waals surface area contributed by atoms with Gasteiger partial charge in [-0.2, -0.15) is 0 Å². The second-order valence-corrected chi connectivity index (χ2v) is 2.94. The number of hydrogen-bond donors (Lipinski definition) is 2. The van der Waals surface area contributed by atoms with Gasteiger partial charge in [-0.15, -0.1) is 0 Å². The van der Waals surface area contributed by atoms with Gasteiger partial charge in [0.2, 0.25) is 0 Å². The first kappa shape index (κ1) is 7.43. The smallest absolute Gasteiger partial charge is 0.142 e. The fraction of sp³-hybridized carbons (Fsp3) is 0.333. The van der Waals surface area contributed by atoms with E-state index < -0.39 is 0 Å². The highest BCUT2D eigenvalue weighted by atomic mass is 16.5. The zero-order valence-electron chi connectivity index (χ0n) is 6.79. The highest BCUT2D eigenvalue weighted by Gasteiger charge is 2.18. The third-order valence-electron chi connectivity index (χ3n) is 1.96. The molecule has 1 aliphatic rings. The van der Waals surface area contributed by atoms with Gasteiger partial charge >= 0.3 is 0 Å². The number of nitrogens with one attached hydrogen (secondary N) is 1. The summed E-state index contributed by atoms with van der Waals surface area (Å²) in [5.74, 6) is 0.795. The van der Waals surface area contributed by atoms with Crippen LogP contribution in [0.4, 0.5) is 5.69 Å². The molecule has 1 fully saturated rings. The molecule has 64 valence electrons. The number of benzene rings is 1. The lowest BCUT2D eigenvalue weighted by molar-refractivity contribution is 0.143. The van der Waals surface area contributed by atoms with Crippen molar-refractivity contribution in [2.75, 3.05) is 18.8 Å². The highest BCUT2D eigenvalue weighted by Crippen LogP contribution is 2.21. The van der Waals surface area contributed by atoms with Crippen molar-refractivity contribution in [2.24, 2.45) is 0 Å². The van der Waals surface area contributed by atoms with Crippen molar-refractivity contribution in [1.82, 2.24) is 5.32 Å². The van der Waals surface area contributed by atoms with Gasteiger partial charge in [0, 0.05) is 13.1 Å². The Balaban J connectivity index is 2.06. The van der Waals surface area contributed by atoms with E-state index in [2.05, 4.69) is 5.32 Å². The van der Waals surface area contributed by atoms with Gasteiger partial charge in [-0.3, -0.25) is 0 Å². The third-order valence-corrected chi connectivity index (χ3v) is 1.96. The molecule has 1 aliphatic heterocycles. The standard InChI is InChI=1S/C9H12N2O/c10-8-3-1-2-4-9(8)12-7-5-11-6-7/h1-4,7,11H,5-6,10H2. The average molecular weight is 164 g/mol. The maximum Gasteiger partial charge on any atom is 0.142 e. The quantitative estimate of drug-likeness (QED) is 0.630. The fourth-order valence-electron chi connectivity index (χ4n) is 1.11. The Morgan fingerprint density at radius 1 is 1.33 bits per heavy atom. The number of nitrogens with two attached hydrogens (primary N) is 1. The van der Waals surface area contributed by atoms with Gasteiger partial charge in [0.15, 0.2) is 0 Å². The van der Waals surface area contributed by atoms with Crippen LogP contribution in [0.15, 0.2) is 24.3 Å². The summed E-state index contributed by atoms with van der Waals surface area (Å²) in [6.45, 7) is 1.85. The molecular formula is C9H12N2O. The minimum atomic E-state index is 0.301. The molecular weight excluding hydrogens is 152 g/mol. The lowest BCUT2D eigenvalue weighted by Crippen LogP contribution is -2.50. The molecule has 0 radical (unpaired) electrons. The van der Waals surface area contributed by atoms with Gasteiger partial charge in [-0.1, -0.05) is 12.1 Å². The second kappa shape index (κ2) is 3.03. The van der Waals surface area contributed by atoms with Crippen LogP contribution in [-0.2, 0) is 0 Å². The molecule has 1 aromatic carbocycles. The van der Waals surface area contributed by atoms with Crippen molar-refractivity contribution >= 4 is 5.69 Å². The first-order chi connectivity index (χ1) is 5.86. The van der Waals surface area contributed by atoms with Crippen LogP contribution < -0.4 is 15.8 Å². The van der Waals surface area contributed by atoms with Gasteiger partial charge in [-0.05, 0) is 12.1 Å². The van der Waals surface area contributed by atoms with Crippen LogP contribution >= 0.6 is 0 Å². The zero-order chi connectivity index (χ0) is 8.39. The van der Waals surface area contributed by atoms with E-state index in [0.29, 0.717) is 11.8 Å². The molecule has 1 aromatic rings. The molecule has 3 N–H and O–H groups in total. The van der Waals surface area contributed by atoms with Crippen LogP contribution in [-0.4, -0.2) is 19.2 Å². The summed E-state index contributed by atoms with van der Waals surface area (Å²) in [5, 5.41) is 3.14. The van der Waals surface area contributed by atoms with E-state index in [0.717, 1.165) is 18.8 Å². The first-order valence-corrected chi connectivity index (χ1v) is 4.08. The summed E-state index contributed by atoms with van der Waals surface area (Å²) < 4.78 is 5.59. The molecule has 0 aromatic heterocycles. The first-order valence-electron chi connectivity index (χ1n) is 4.08. The molecule has 0 saturated carbocycles. The van der Waals surface area contributed by atoms with Crippen LogP contribution in [0, 0.1) is 0 Å². The van der Waals surface area contributed by atoms with E-state index in [9.17, 15) is 0 Å². The molecule has 0 amide bonds. The number of rotatable bonds is 2. The molecule has 12 heavy (non-hydrogen) atoms. The zero-order valence-corrected chi connectivity index (χ0v) is 6.79. The fourth-order valence-corrected chi connectivity index (χ4v) is 1.11. The SMILES string of the molecule is Nc1ccccc1OC1CNC1. The normalized spacial score (nSPS) is 17.0. The van der Waals surface area contributed by atoms with E-state index in [1.54, 1.807) is 0 Å². The number of hydrogen-bond acceptors (Lipinski definition) is 3. The van der Waals surface area contributed by atoms with Gasteiger partial charge < -0.3 is 15.8 Å².